The highest BCUT2D eigenvalue weighted by Crippen LogP contribution is 2.33. The van der Waals surface area contributed by atoms with Gasteiger partial charge in [0.1, 0.15) is 17.3 Å². The van der Waals surface area contributed by atoms with Crippen molar-refractivity contribution in [3.63, 3.8) is 0 Å². The van der Waals surface area contributed by atoms with E-state index in [9.17, 15) is 0 Å². The molecule has 0 aliphatic carbocycles. The lowest BCUT2D eigenvalue weighted by molar-refractivity contribution is -0.0190. The van der Waals surface area contributed by atoms with Crippen molar-refractivity contribution >= 4 is 5.65 Å². The van der Waals surface area contributed by atoms with Gasteiger partial charge >= 0.3 is 0 Å². The van der Waals surface area contributed by atoms with E-state index in [1.54, 1.807) is 18.3 Å². The van der Waals surface area contributed by atoms with Crippen LogP contribution in [0.2, 0.25) is 0 Å². The molecule has 1 aliphatic rings. The highest BCUT2D eigenvalue weighted by atomic mass is 19.1. The Labute approximate surface area is 179 Å². The lowest BCUT2D eigenvalue weighted by atomic mass is 10.0. The van der Waals surface area contributed by atoms with Crippen molar-refractivity contribution in [2.45, 2.75) is 19.4 Å². The zero-order valence-corrected chi connectivity index (χ0v) is 17.5. The molecule has 1 aliphatic heterocycles. The third-order valence-electron chi connectivity index (χ3n) is 5.83. The van der Waals surface area contributed by atoms with Gasteiger partial charge in [0, 0.05) is 43.2 Å². The minimum atomic E-state index is -0.632. The van der Waals surface area contributed by atoms with Gasteiger partial charge in [0.25, 0.3) is 0 Å². The number of H-pyrrole nitrogens is 1. The van der Waals surface area contributed by atoms with Gasteiger partial charge < -0.3 is 19.0 Å². The van der Waals surface area contributed by atoms with Gasteiger partial charge in [-0.15, -0.1) is 0 Å². The molecular weight excluding hydrogens is 398 g/mol. The summed E-state index contributed by atoms with van der Waals surface area (Å²) in [6, 6.07) is 10.2. The fourth-order valence-electron chi connectivity index (χ4n) is 4.26. The number of hydrogen-bond donors (Lipinski definition) is 1. The standard InChI is InChI=1S/C24H24F2N4O/c1-15-5-7-30-21(13-17-14-29(2)8-9-31-17)24(28-22(30)10-15)23-18(25)11-16(12-19(23)26)20-4-3-6-27-20/h3-7,10-12,17,27H,8-9,13-14H2,1-2H3. The fourth-order valence-corrected chi connectivity index (χ4v) is 4.26. The molecule has 1 aromatic carbocycles. The maximum absolute atomic E-state index is 15.3. The summed E-state index contributed by atoms with van der Waals surface area (Å²) in [6.07, 6.45) is 4.08. The third kappa shape index (κ3) is 3.75. The maximum atomic E-state index is 15.3. The zero-order valence-electron chi connectivity index (χ0n) is 17.5. The number of likely N-dealkylation sites (N-methyl/N-ethyl adjacent to an activating group) is 1. The lowest BCUT2D eigenvalue weighted by Gasteiger charge is -2.30. The van der Waals surface area contributed by atoms with E-state index in [1.165, 1.54) is 12.1 Å². The van der Waals surface area contributed by atoms with Crippen LogP contribution in [0.1, 0.15) is 11.3 Å². The number of nitrogens with zero attached hydrogens (tertiary/aromatic N) is 3. The normalized spacial score (nSPS) is 17.5. The summed E-state index contributed by atoms with van der Waals surface area (Å²) >= 11 is 0. The average Bonchev–Trinajstić information content (AvgIpc) is 3.36. The van der Waals surface area contributed by atoms with Crippen molar-refractivity contribution in [2.75, 3.05) is 26.7 Å². The second kappa shape index (κ2) is 7.90. The summed E-state index contributed by atoms with van der Waals surface area (Å²) in [5.74, 6) is -1.26. The quantitative estimate of drug-likeness (QED) is 0.528. The van der Waals surface area contributed by atoms with Crippen LogP contribution in [0.4, 0.5) is 8.78 Å². The van der Waals surface area contributed by atoms with E-state index in [1.807, 2.05) is 36.7 Å². The van der Waals surface area contributed by atoms with E-state index in [4.69, 9.17) is 4.74 Å². The Morgan fingerprint density at radius 1 is 1.19 bits per heavy atom. The number of halogens is 2. The van der Waals surface area contributed by atoms with E-state index < -0.39 is 11.6 Å². The van der Waals surface area contributed by atoms with Crippen LogP contribution >= 0.6 is 0 Å². The highest BCUT2D eigenvalue weighted by Gasteiger charge is 2.26. The van der Waals surface area contributed by atoms with Crippen molar-refractivity contribution in [1.29, 1.82) is 0 Å². The van der Waals surface area contributed by atoms with Crippen LogP contribution in [0.15, 0.2) is 48.8 Å². The van der Waals surface area contributed by atoms with E-state index >= 15 is 8.78 Å². The molecular formula is C24H24F2N4O. The molecule has 0 amide bonds. The van der Waals surface area contributed by atoms with Crippen LogP contribution in [0.25, 0.3) is 28.2 Å². The molecule has 4 aromatic rings. The number of aromatic nitrogens is 3. The number of morpholine rings is 1. The number of aryl methyl sites for hydroxylation is 1. The molecule has 1 fully saturated rings. The molecule has 1 saturated heterocycles. The predicted octanol–water partition coefficient (Wildman–Crippen LogP) is 4.46. The van der Waals surface area contributed by atoms with Gasteiger partial charge in [-0.25, -0.2) is 13.8 Å². The van der Waals surface area contributed by atoms with Gasteiger partial charge in [0.15, 0.2) is 0 Å². The van der Waals surface area contributed by atoms with Crippen LogP contribution in [-0.2, 0) is 11.2 Å². The SMILES string of the molecule is Cc1ccn2c(CC3CN(C)CCO3)c(-c3c(F)cc(-c4ccc[nH]4)cc3F)nc2c1. The first-order valence-electron chi connectivity index (χ1n) is 10.4. The highest BCUT2D eigenvalue weighted by molar-refractivity contribution is 5.72. The summed E-state index contributed by atoms with van der Waals surface area (Å²) in [5, 5.41) is 0. The number of rotatable bonds is 4. The minimum Gasteiger partial charge on any atom is -0.375 e. The van der Waals surface area contributed by atoms with E-state index in [2.05, 4.69) is 14.9 Å². The number of ether oxygens (including phenoxy) is 1. The van der Waals surface area contributed by atoms with Crippen molar-refractivity contribution < 1.29 is 13.5 Å². The molecule has 3 aromatic heterocycles. The van der Waals surface area contributed by atoms with Crippen molar-refractivity contribution in [3.8, 4) is 22.5 Å². The molecule has 0 bridgehead atoms. The van der Waals surface area contributed by atoms with Gasteiger partial charge in [0.05, 0.1) is 29.7 Å². The molecule has 5 rings (SSSR count). The second-order valence-electron chi connectivity index (χ2n) is 8.20. The van der Waals surface area contributed by atoms with Crippen LogP contribution in [0.3, 0.4) is 0 Å². The largest absolute Gasteiger partial charge is 0.375 e. The molecule has 5 nitrogen and oxygen atoms in total. The van der Waals surface area contributed by atoms with Crippen LogP contribution < -0.4 is 0 Å². The molecule has 1 N–H and O–H groups in total. The zero-order chi connectivity index (χ0) is 21.5. The summed E-state index contributed by atoms with van der Waals surface area (Å²) in [7, 11) is 2.05. The number of imidazole rings is 1. The Bertz CT molecular complexity index is 1210. The minimum absolute atomic E-state index is 0.0667. The fraction of sp³-hybridized carbons (Fsp3) is 0.292. The second-order valence-corrected chi connectivity index (χ2v) is 8.20. The predicted molar refractivity (Wildman–Crippen MR) is 116 cm³/mol. The Morgan fingerprint density at radius 2 is 2.00 bits per heavy atom. The smallest absolute Gasteiger partial charge is 0.137 e. The molecule has 1 unspecified atom stereocenters. The van der Waals surface area contributed by atoms with Crippen LogP contribution in [-0.4, -0.2) is 52.1 Å². The Balaban J connectivity index is 1.64. The lowest BCUT2D eigenvalue weighted by Crippen LogP contribution is -2.41. The molecule has 4 heterocycles. The number of nitrogens with one attached hydrogen (secondary N) is 1. The topological polar surface area (TPSA) is 45.6 Å². The molecule has 1 atom stereocenters. The molecule has 160 valence electrons. The molecule has 31 heavy (non-hydrogen) atoms. The van der Waals surface area contributed by atoms with Crippen molar-refractivity contribution in [2.24, 2.45) is 0 Å². The number of hydrogen-bond acceptors (Lipinski definition) is 3. The Kier molecular flexibility index (Phi) is 5.08. The summed E-state index contributed by atoms with van der Waals surface area (Å²) < 4.78 is 38.4. The van der Waals surface area contributed by atoms with E-state index in [-0.39, 0.29) is 11.7 Å². The summed E-state index contributed by atoms with van der Waals surface area (Å²) in [6.45, 7) is 4.24. The van der Waals surface area contributed by atoms with Crippen molar-refractivity contribution in [3.05, 3.63) is 71.7 Å². The average molecular weight is 422 g/mol. The molecule has 7 heteroatoms. The molecule has 0 saturated carbocycles. The summed E-state index contributed by atoms with van der Waals surface area (Å²) in [5.41, 5.74) is 3.80. The third-order valence-corrected chi connectivity index (χ3v) is 5.83. The number of benzene rings is 1. The summed E-state index contributed by atoms with van der Waals surface area (Å²) in [4.78, 5) is 9.84. The van der Waals surface area contributed by atoms with Gasteiger partial charge in [-0.1, -0.05) is 0 Å². The van der Waals surface area contributed by atoms with E-state index in [0.29, 0.717) is 35.6 Å². The Hall–Kier alpha value is -3.03. The van der Waals surface area contributed by atoms with E-state index in [0.717, 1.165) is 24.3 Å². The first-order valence-corrected chi connectivity index (χ1v) is 10.4. The van der Waals surface area contributed by atoms with Crippen LogP contribution in [0.5, 0.6) is 0 Å². The first-order chi connectivity index (χ1) is 15.0. The number of pyridine rings is 1. The van der Waals surface area contributed by atoms with Gasteiger partial charge in [-0.3, -0.25) is 0 Å². The monoisotopic (exact) mass is 422 g/mol. The van der Waals surface area contributed by atoms with Gasteiger partial charge in [-0.05, 0) is 55.9 Å². The Morgan fingerprint density at radius 3 is 2.71 bits per heavy atom. The molecule has 0 spiro atoms. The maximum Gasteiger partial charge on any atom is 0.137 e. The van der Waals surface area contributed by atoms with Gasteiger partial charge in [0.2, 0.25) is 0 Å². The van der Waals surface area contributed by atoms with Crippen LogP contribution in [0, 0.1) is 18.6 Å². The first kappa shape index (κ1) is 19.9. The van der Waals surface area contributed by atoms with Gasteiger partial charge in [-0.2, -0.15) is 0 Å². The molecule has 0 radical (unpaired) electrons. The number of aromatic amines is 1. The van der Waals surface area contributed by atoms with Crippen molar-refractivity contribution in [1.82, 2.24) is 19.3 Å². The number of fused-ring (bicyclic) bond motifs is 1.